The second-order valence-electron chi connectivity index (χ2n) is 3.35. The van der Waals surface area contributed by atoms with Crippen molar-refractivity contribution in [1.29, 1.82) is 0 Å². The highest BCUT2D eigenvalue weighted by atomic mass is 79.9. The Kier molecular flexibility index (Phi) is 5.74. The third-order valence-corrected chi connectivity index (χ3v) is 4.60. The molecule has 0 fully saturated rings. The van der Waals surface area contributed by atoms with Crippen molar-refractivity contribution in [2.45, 2.75) is 13.8 Å². The summed E-state index contributed by atoms with van der Waals surface area (Å²) < 4.78 is 36.0. The molecular weight excluding hydrogens is 322 g/mol. The Balaban J connectivity index is 3.06. The van der Waals surface area contributed by atoms with E-state index in [1.165, 1.54) is 0 Å². The van der Waals surface area contributed by atoms with Gasteiger partial charge in [-0.3, -0.25) is 4.72 Å². The Morgan fingerprint density at radius 3 is 2.44 bits per heavy atom. The van der Waals surface area contributed by atoms with Crippen LogP contribution in [0.5, 0.6) is 11.5 Å². The predicted octanol–water partition coefficient (Wildman–Crippen LogP) is 2.58. The van der Waals surface area contributed by atoms with E-state index in [1.54, 1.807) is 18.2 Å². The minimum Gasteiger partial charge on any atom is -0.494 e. The molecule has 18 heavy (non-hydrogen) atoms. The monoisotopic (exact) mass is 337 g/mol. The van der Waals surface area contributed by atoms with Crippen LogP contribution in [0.1, 0.15) is 13.8 Å². The summed E-state index contributed by atoms with van der Waals surface area (Å²) in [6, 6.07) is 5.02. The zero-order chi connectivity index (χ0) is 13.6. The molecule has 0 aliphatic rings. The van der Waals surface area contributed by atoms with Crippen LogP contribution in [-0.4, -0.2) is 26.3 Å². The molecule has 0 aromatic heterocycles. The van der Waals surface area contributed by atoms with Crippen LogP contribution in [0.4, 0.5) is 5.69 Å². The first-order valence-corrected chi connectivity index (χ1v) is 8.25. The van der Waals surface area contributed by atoms with E-state index in [0.29, 0.717) is 30.4 Å². The van der Waals surface area contributed by atoms with Crippen LogP contribution in [0.15, 0.2) is 18.2 Å². The molecule has 0 atom stereocenters. The van der Waals surface area contributed by atoms with Crippen molar-refractivity contribution >= 4 is 31.6 Å². The van der Waals surface area contributed by atoms with E-state index >= 15 is 0 Å². The topological polar surface area (TPSA) is 64.6 Å². The number of ether oxygens (including phenoxy) is 2. The second-order valence-corrected chi connectivity index (χ2v) is 6.38. The van der Waals surface area contributed by atoms with E-state index in [9.17, 15) is 8.42 Å². The first-order chi connectivity index (χ1) is 8.52. The Labute approximate surface area is 116 Å². The average molecular weight is 338 g/mol. The number of hydrogen-bond acceptors (Lipinski definition) is 4. The van der Waals surface area contributed by atoms with E-state index in [4.69, 9.17) is 9.47 Å². The fourth-order valence-electron chi connectivity index (χ4n) is 1.32. The van der Waals surface area contributed by atoms with Crippen LogP contribution < -0.4 is 14.2 Å². The van der Waals surface area contributed by atoms with Gasteiger partial charge in [0.2, 0.25) is 10.0 Å². The van der Waals surface area contributed by atoms with Gasteiger partial charge in [0.05, 0.1) is 18.9 Å². The summed E-state index contributed by atoms with van der Waals surface area (Å²) in [4.78, 5) is 0. The smallest absolute Gasteiger partial charge is 0.242 e. The molecule has 1 rings (SSSR count). The van der Waals surface area contributed by atoms with Crippen molar-refractivity contribution in [1.82, 2.24) is 0 Å². The molecule has 0 saturated carbocycles. The van der Waals surface area contributed by atoms with Crippen molar-refractivity contribution in [3.05, 3.63) is 18.2 Å². The first-order valence-electron chi connectivity index (χ1n) is 5.48. The Bertz CT molecular complexity index is 490. The van der Waals surface area contributed by atoms with Gasteiger partial charge < -0.3 is 9.47 Å². The maximum atomic E-state index is 11.5. The van der Waals surface area contributed by atoms with Gasteiger partial charge in [0.15, 0.2) is 0 Å². The zero-order valence-electron chi connectivity index (χ0n) is 10.3. The molecule has 1 aromatic rings. The van der Waals surface area contributed by atoms with Gasteiger partial charge in [0, 0.05) is 6.07 Å². The molecule has 1 N–H and O–H groups in total. The summed E-state index contributed by atoms with van der Waals surface area (Å²) >= 11 is 2.92. The molecule has 0 bridgehead atoms. The number of hydrogen-bond donors (Lipinski definition) is 1. The fraction of sp³-hybridized carbons (Fsp3) is 0.455. The molecule has 0 unspecified atom stereocenters. The fourth-order valence-corrected chi connectivity index (χ4v) is 2.21. The van der Waals surface area contributed by atoms with Crippen LogP contribution in [0.2, 0.25) is 0 Å². The number of halogens is 1. The van der Waals surface area contributed by atoms with Crippen molar-refractivity contribution in [2.24, 2.45) is 0 Å². The summed E-state index contributed by atoms with van der Waals surface area (Å²) in [7, 11) is -3.41. The standard InChI is InChI=1S/C11H16BrNO4S/c1-3-16-9-5-6-11(17-4-2)10(7-9)13-18(14,15)8-12/h5-7,13H,3-4,8H2,1-2H3. The van der Waals surface area contributed by atoms with E-state index in [0.717, 1.165) is 0 Å². The van der Waals surface area contributed by atoms with Gasteiger partial charge >= 0.3 is 0 Å². The van der Waals surface area contributed by atoms with E-state index in [2.05, 4.69) is 20.7 Å². The minimum absolute atomic E-state index is 0.176. The largest absolute Gasteiger partial charge is 0.494 e. The molecule has 0 aliphatic heterocycles. The molecule has 5 nitrogen and oxygen atoms in total. The quantitative estimate of drug-likeness (QED) is 0.776. The highest BCUT2D eigenvalue weighted by Gasteiger charge is 2.13. The molecule has 1 aromatic carbocycles. The van der Waals surface area contributed by atoms with Gasteiger partial charge in [-0.2, -0.15) is 0 Å². The Morgan fingerprint density at radius 1 is 1.22 bits per heavy atom. The molecular formula is C11H16BrNO4S. The molecule has 0 amide bonds. The van der Waals surface area contributed by atoms with Crippen LogP contribution in [0.25, 0.3) is 0 Å². The maximum absolute atomic E-state index is 11.5. The summed E-state index contributed by atoms with van der Waals surface area (Å²) in [5, 5.41) is 0. The molecule has 0 saturated heterocycles. The average Bonchev–Trinajstić information content (AvgIpc) is 2.33. The highest BCUT2D eigenvalue weighted by Crippen LogP contribution is 2.30. The number of benzene rings is 1. The van der Waals surface area contributed by atoms with E-state index in [-0.39, 0.29) is 4.66 Å². The van der Waals surface area contributed by atoms with Crippen LogP contribution >= 0.6 is 15.9 Å². The van der Waals surface area contributed by atoms with Crippen molar-refractivity contribution in [3.63, 3.8) is 0 Å². The number of alkyl halides is 1. The van der Waals surface area contributed by atoms with Gasteiger partial charge in [-0.15, -0.1) is 0 Å². The maximum Gasteiger partial charge on any atom is 0.242 e. The number of nitrogens with one attached hydrogen (secondary N) is 1. The van der Waals surface area contributed by atoms with Gasteiger partial charge in [-0.05, 0) is 26.0 Å². The lowest BCUT2D eigenvalue weighted by molar-refractivity contribution is 0.332. The highest BCUT2D eigenvalue weighted by molar-refractivity contribution is 9.10. The molecule has 0 heterocycles. The van der Waals surface area contributed by atoms with Gasteiger partial charge in [0.1, 0.15) is 16.2 Å². The lowest BCUT2D eigenvalue weighted by Gasteiger charge is -2.13. The van der Waals surface area contributed by atoms with Gasteiger partial charge in [-0.25, -0.2) is 8.42 Å². The van der Waals surface area contributed by atoms with Gasteiger partial charge in [0.25, 0.3) is 0 Å². The first kappa shape index (κ1) is 15.1. The van der Waals surface area contributed by atoms with Gasteiger partial charge in [-0.1, -0.05) is 15.9 Å². The number of rotatable bonds is 7. The normalized spacial score (nSPS) is 11.1. The van der Waals surface area contributed by atoms with Crippen LogP contribution in [-0.2, 0) is 10.0 Å². The lowest BCUT2D eigenvalue weighted by Crippen LogP contribution is -2.14. The van der Waals surface area contributed by atoms with Crippen molar-refractivity contribution in [2.75, 3.05) is 22.6 Å². The summed E-state index contributed by atoms with van der Waals surface area (Å²) in [5.41, 5.74) is 0.377. The number of anilines is 1. The van der Waals surface area contributed by atoms with Crippen LogP contribution in [0.3, 0.4) is 0 Å². The van der Waals surface area contributed by atoms with E-state index < -0.39 is 10.0 Å². The van der Waals surface area contributed by atoms with E-state index in [1.807, 2.05) is 13.8 Å². The van der Waals surface area contributed by atoms with Crippen molar-refractivity contribution in [3.8, 4) is 11.5 Å². The summed E-state index contributed by atoms with van der Waals surface area (Å²) in [6.07, 6.45) is 0. The molecule has 102 valence electrons. The number of sulfonamides is 1. The van der Waals surface area contributed by atoms with Crippen molar-refractivity contribution < 1.29 is 17.9 Å². The second kappa shape index (κ2) is 6.84. The molecule has 0 spiro atoms. The zero-order valence-corrected chi connectivity index (χ0v) is 12.7. The summed E-state index contributed by atoms with van der Waals surface area (Å²) in [6.45, 7) is 4.66. The minimum atomic E-state index is -3.41. The summed E-state index contributed by atoms with van der Waals surface area (Å²) in [5.74, 6) is 1.07. The molecule has 0 aliphatic carbocycles. The Hall–Kier alpha value is -0.950. The SMILES string of the molecule is CCOc1ccc(OCC)c(NS(=O)(=O)CBr)c1. The Morgan fingerprint density at radius 2 is 1.89 bits per heavy atom. The third kappa shape index (κ3) is 4.38. The van der Waals surface area contributed by atoms with Crippen LogP contribution in [0, 0.1) is 0 Å². The lowest BCUT2D eigenvalue weighted by atomic mass is 10.3. The molecule has 7 heteroatoms. The predicted molar refractivity (Wildman–Crippen MR) is 75.1 cm³/mol. The third-order valence-electron chi connectivity index (χ3n) is 1.97. The molecule has 0 radical (unpaired) electrons.